The van der Waals surface area contributed by atoms with Crippen LogP contribution < -0.4 is 0 Å². The van der Waals surface area contributed by atoms with Crippen LogP contribution in [0.25, 0.3) is 11.0 Å². The molecular formula is C15H17BrClFN2. The van der Waals surface area contributed by atoms with E-state index in [2.05, 4.69) is 32.4 Å². The van der Waals surface area contributed by atoms with Gasteiger partial charge in [0.15, 0.2) is 0 Å². The second-order valence-corrected chi connectivity index (χ2v) is 6.69. The van der Waals surface area contributed by atoms with Gasteiger partial charge in [0.25, 0.3) is 0 Å². The second-order valence-electron chi connectivity index (χ2n) is 5.57. The molecule has 108 valence electrons. The molecule has 2 aromatic rings. The molecule has 0 amide bonds. The Kier molecular flexibility index (Phi) is 4.04. The predicted molar refractivity (Wildman–Crippen MR) is 83.6 cm³/mol. The van der Waals surface area contributed by atoms with Crippen LogP contribution >= 0.6 is 27.5 Å². The van der Waals surface area contributed by atoms with Crippen LogP contribution in [0.15, 0.2) is 16.6 Å². The van der Waals surface area contributed by atoms with Crippen molar-refractivity contribution in [2.24, 2.45) is 5.92 Å². The SMILES string of the molecule is CC(C1CCCC1)n1c(CCl)nc2cc(F)c(Br)cc21. The van der Waals surface area contributed by atoms with Crippen molar-refractivity contribution >= 4 is 38.6 Å². The predicted octanol–water partition coefficient (Wildman–Crippen LogP) is 5.43. The molecule has 0 bridgehead atoms. The van der Waals surface area contributed by atoms with Crippen molar-refractivity contribution in [3.8, 4) is 0 Å². The number of hydrogen-bond acceptors (Lipinski definition) is 1. The first kappa shape index (κ1) is 14.3. The van der Waals surface area contributed by atoms with Crippen LogP contribution in [0.1, 0.15) is 44.5 Å². The fourth-order valence-electron chi connectivity index (χ4n) is 3.34. The molecule has 1 saturated carbocycles. The number of nitrogens with zero attached hydrogens (tertiary/aromatic N) is 2. The highest BCUT2D eigenvalue weighted by Gasteiger charge is 2.26. The molecule has 1 aliphatic rings. The van der Waals surface area contributed by atoms with E-state index in [0.29, 0.717) is 27.8 Å². The molecule has 1 aliphatic carbocycles. The van der Waals surface area contributed by atoms with Gasteiger partial charge in [-0.15, -0.1) is 11.6 Å². The summed E-state index contributed by atoms with van der Waals surface area (Å²) < 4.78 is 16.3. The molecule has 1 fully saturated rings. The van der Waals surface area contributed by atoms with Crippen molar-refractivity contribution in [3.05, 3.63) is 28.2 Å². The Balaban J connectivity index is 2.13. The van der Waals surface area contributed by atoms with E-state index < -0.39 is 0 Å². The molecule has 20 heavy (non-hydrogen) atoms. The summed E-state index contributed by atoms with van der Waals surface area (Å²) in [7, 11) is 0. The van der Waals surface area contributed by atoms with Gasteiger partial charge in [0.05, 0.1) is 21.4 Å². The molecule has 1 aromatic carbocycles. The lowest BCUT2D eigenvalue weighted by Crippen LogP contribution is -2.16. The van der Waals surface area contributed by atoms with Crippen molar-refractivity contribution < 1.29 is 4.39 Å². The van der Waals surface area contributed by atoms with Crippen molar-refractivity contribution in [2.45, 2.75) is 44.5 Å². The van der Waals surface area contributed by atoms with Gasteiger partial charge >= 0.3 is 0 Å². The van der Waals surface area contributed by atoms with E-state index in [1.807, 2.05) is 6.07 Å². The van der Waals surface area contributed by atoms with Gasteiger partial charge in [-0.1, -0.05) is 12.8 Å². The topological polar surface area (TPSA) is 17.8 Å². The first-order chi connectivity index (χ1) is 9.61. The third-order valence-corrected chi connectivity index (χ3v) is 5.26. The highest BCUT2D eigenvalue weighted by atomic mass is 79.9. The molecule has 0 saturated heterocycles. The molecule has 0 aliphatic heterocycles. The summed E-state index contributed by atoms with van der Waals surface area (Å²) in [4.78, 5) is 4.50. The molecular weight excluding hydrogens is 343 g/mol. The number of alkyl halides is 1. The number of hydrogen-bond donors (Lipinski definition) is 0. The molecule has 1 unspecified atom stereocenters. The standard InChI is InChI=1S/C15H17BrClFN2/c1-9(10-4-2-3-5-10)20-14-6-11(16)12(18)7-13(14)19-15(20)8-17/h6-7,9-10H,2-5,8H2,1H3. The summed E-state index contributed by atoms with van der Waals surface area (Å²) in [6, 6.07) is 3.65. The number of imidazole rings is 1. The van der Waals surface area contributed by atoms with E-state index in [1.54, 1.807) is 0 Å². The van der Waals surface area contributed by atoms with Gasteiger partial charge in [-0.05, 0) is 47.7 Å². The molecule has 1 aromatic heterocycles. The average molecular weight is 360 g/mol. The van der Waals surface area contributed by atoms with E-state index >= 15 is 0 Å². The molecule has 1 heterocycles. The van der Waals surface area contributed by atoms with E-state index in [-0.39, 0.29) is 5.82 Å². The summed E-state index contributed by atoms with van der Waals surface area (Å²) in [5.41, 5.74) is 1.65. The lowest BCUT2D eigenvalue weighted by Gasteiger charge is -2.23. The second kappa shape index (κ2) is 5.64. The molecule has 3 rings (SSSR count). The number of aromatic nitrogens is 2. The number of halogens is 3. The summed E-state index contributed by atoms with van der Waals surface area (Å²) in [5, 5.41) is 0. The Bertz CT molecular complexity index is 634. The summed E-state index contributed by atoms with van der Waals surface area (Å²) >= 11 is 9.31. The maximum Gasteiger partial charge on any atom is 0.139 e. The van der Waals surface area contributed by atoms with Gasteiger partial charge in [-0.2, -0.15) is 0 Å². The number of benzene rings is 1. The van der Waals surface area contributed by atoms with Gasteiger partial charge in [0.2, 0.25) is 0 Å². The van der Waals surface area contributed by atoms with Crippen LogP contribution in [0.2, 0.25) is 0 Å². The molecule has 0 spiro atoms. The van der Waals surface area contributed by atoms with Crippen molar-refractivity contribution in [1.82, 2.24) is 9.55 Å². The minimum Gasteiger partial charge on any atom is -0.324 e. The summed E-state index contributed by atoms with van der Waals surface area (Å²) in [6.07, 6.45) is 5.11. The Hall–Kier alpha value is -0.610. The molecule has 0 radical (unpaired) electrons. The van der Waals surface area contributed by atoms with E-state index in [1.165, 1.54) is 31.7 Å². The van der Waals surface area contributed by atoms with E-state index in [0.717, 1.165) is 11.3 Å². The fraction of sp³-hybridized carbons (Fsp3) is 0.533. The summed E-state index contributed by atoms with van der Waals surface area (Å²) in [6.45, 7) is 2.23. The lowest BCUT2D eigenvalue weighted by atomic mass is 9.99. The monoisotopic (exact) mass is 358 g/mol. The number of rotatable bonds is 3. The normalized spacial score (nSPS) is 18.0. The average Bonchev–Trinajstić information content (AvgIpc) is 3.06. The van der Waals surface area contributed by atoms with E-state index in [4.69, 9.17) is 11.6 Å². The maximum atomic E-state index is 13.7. The minimum absolute atomic E-state index is 0.281. The Morgan fingerprint density at radius 1 is 1.45 bits per heavy atom. The zero-order valence-electron chi connectivity index (χ0n) is 11.4. The van der Waals surface area contributed by atoms with Gasteiger partial charge in [0, 0.05) is 12.1 Å². The molecule has 0 N–H and O–H groups in total. The highest BCUT2D eigenvalue weighted by molar-refractivity contribution is 9.10. The van der Waals surface area contributed by atoms with Crippen LogP contribution in [0, 0.1) is 11.7 Å². The van der Waals surface area contributed by atoms with Crippen molar-refractivity contribution in [1.29, 1.82) is 0 Å². The highest BCUT2D eigenvalue weighted by Crippen LogP contribution is 2.37. The Morgan fingerprint density at radius 2 is 2.15 bits per heavy atom. The molecule has 5 heteroatoms. The van der Waals surface area contributed by atoms with Crippen LogP contribution in [0.5, 0.6) is 0 Å². The number of fused-ring (bicyclic) bond motifs is 1. The first-order valence-corrected chi connectivity index (χ1v) is 8.36. The Labute approximate surface area is 131 Å². The van der Waals surface area contributed by atoms with Crippen LogP contribution in [-0.2, 0) is 5.88 Å². The van der Waals surface area contributed by atoms with Crippen LogP contribution in [-0.4, -0.2) is 9.55 Å². The molecule has 1 atom stereocenters. The van der Waals surface area contributed by atoms with Gasteiger partial charge in [0.1, 0.15) is 11.6 Å². The zero-order valence-corrected chi connectivity index (χ0v) is 13.7. The summed E-state index contributed by atoms with van der Waals surface area (Å²) in [5.74, 6) is 1.57. The largest absolute Gasteiger partial charge is 0.324 e. The van der Waals surface area contributed by atoms with Gasteiger partial charge < -0.3 is 4.57 Å². The third kappa shape index (κ3) is 2.37. The lowest BCUT2D eigenvalue weighted by molar-refractivity contribution is 0.362. The van der Waals surface area contributed by atoms with Gasteiger partial charge in [-0.3, -0.25) is 0 Å². The Morgan fingerprint density at radius 3 is 2.80 bits per heavy atom. The van der Waals surface area contributed by atoms with E-state index in [9.17, 15) is 4.39 Å². The van der Waals surface area contributed by atoms with Crippen molar-refractivity contribution in [2.75, 3.05) is 0 Å². The smallest absolute Gasteiger partial charge is 0.139 e. The maximum absolute atomic E-state index is 13.7. The molecule has 2 nitrogen and oxygen atoms in total. The minimum atomic E-state index is -0.281. The fourth-order valence-corrected chi connectivity index (χ4v) is 3.86. The zero-order chi connectivity index (χ0) is 14.3. The third-order valence-electron chi connectivity index (χ3n) is 4.41. The quantitative estimate of drug-likeness (QED) is 0.668. The van der Waals surface area contributed by atoms with Crippen LogP contribution in [0.4, 0.5) is 4.39 Å². The first-order valence-electron chi connectivity index (χ1n) is 7.03. The van der Waals surface area contributed by atoms with Crippen molar-refractivity contribution in [3.63, 3.8) is 0 Å². The van der Waals surface area contributed by atoms with Crippen LogP contribution in [0.3, 0.4) is 0 Å². The van der Waals surface area contributed by atoms with Gasteiger partial charge in [-0.25, -0.2) is 9.37 Å².